The lowest BCUT2D eigenvalue weighted by Crippen LogP contribution is -2.55. The Morgan fingerprint density at radius 2 is 1.72 bits per heavy atom. The van der Waals surface area contributed by atoms with Gasteiger partial charge < -0.3 is 10.8 Å². The van der Waals surface area contributed by atoms with Crippen LogP contribution < -0.4 is 5.73 Å². The number of piperidine rings is 1. The lowest BCUT2D eigenvalue weighted by molar-refractivity contribution is 0.0396. The van der Waals surface area contributed by atoms with Crippen LogP contribution in [0.2, 0.25) is 0 Å². The first-order chi connectivity index (χ1) is 8.27. The van der Waals surface area contributed by atoms with Crippen LogP contribution in [0.1, 0.15) is 47.5 Å². The molecule has 3 heteroatoms. The molecule has 108 valence electrons. The second kappa shape index (κ2) is 6.36. The summed E-state index contributed by atoms with van der Waals surface area (Å²) < 4.78 is 0. The molecular weight excluding hydrogens is 224 g/mol. The number of aliphatic hydroxyl groups excluding tert-OH is 1. The van der Waals surface area contributed by atoms with Gasteiger partial charge in [0.15, 0.2) is 0 Å². The van der Waals surface area contributed by atoms with E-state index in [0.29, 0.717) is 11.3 Å². The molecule has 2 unspecified atom stereocenters. The summed E-state index contributed by atoms with van der Waals surface area (Å²) in [6.07, 6.45) is 2.45. The van der Waals surface area contributed by atoms with Crippen molar-refractivity contribution >= 4 is 0 Å². The zero-order valence-electron chi connectivity index (χ0n) is 12.8. The van der Waals surface area contributed by atoms with Crippen molar-refractivity contribution in [2.45, 2.75) is 59.5 Å². The fourth-order valence-electron chi connectivity index (χ4n) is 3.02. The minimum Gasteiger partial charge on any atom is -0.395 e. The number of rotatable bonds is 4. The lowest BCUT2D eigenvalue weighted by Gasteiger charge is -2.43. The van der Waals surface area contributed by atoms with Gasteiger partial charge >= 0.3 is 0 Å². The van der Waals surface area contributed by atoms with Crippen LogP contribution in [0.5, 0.6) is 0 Å². The van der Waals surface area contributed by atoms with Crippen LogP contribution in [0.3, 0.4) is 0 Å². The Hall–Kier alpha value is -0.120. The predicted octanol–water partition coefficient (Wildman–Crippen LogP) is 2.09. The minimum absolute atomic E-state index is 0.0705. The molecule has 3 nitrogen and oxygen atoms in total. The molecule has 0 bridgehead atoms. The molecule has 0 spiro atoms. The highest BCUT2D eigenvalue weighted by Gasteiger charge is 2.33. The number of likely N-dealkylation sites (tertiary alicyclic amines) is 1. The molecule has 0 radical (unpaired) electrons. The van der Waals surface area contributed by atoms with Crippen molar-refractivity contribution < 1.29 is 5.11 Å². The summed E-state index contributed by atoms with van der Waals surface area (Å²) in [7, 11) is 0. The first-order valence-electron chi connectivity index (χ1n) is 7.38. The van der Waals surface area contributed by atoms with Crippen LogP contribution in [-0.2, 0) is 0 Å². The molecule has 0 aromatic carbocycles. The van der Waals surface area contributed by atoms with Gasteiger partial charge in [0.05, 0.1) is 6.61 Å². The Labute approximate surface area is 113 Å². The number of hydrogen-bond donors (Lipinski definition) is 2. The molecule has 3 N–H and O–H groups in total. The van der Waals surface area contributed by atoms with Gasteiger partial charge in [-0.2, -0.15) is 0 Å². The topological polar surface area (TPSA) is 49.5 Å². The highest BCUT2D eigenvalue weighted by Crippen LogP contribution is 2.35. The second-order valence-corrected chi connectivity index (χ2v) is 7.25. The van der Waals surface area contributed by atoms with Gasteiger partial charge in [0.1, 0.15) is 0 Å². The fourth-order valence-corrected chi connectivity index (χ4v) is 3.02. The normalized spacial score (nSPS) is 23.3. The maximum atomic E-state index is 9.60. The van der Waals surface area contributed by atoms with Crippen LogP contribution in [-0.4, -0.2) is 41.8 Å². The lowest BCUT2D eigenvalue weighted by atomic mass is 9.75. The SMILES string of the molecule is CC(C)C(N)C(CO)N1CCC(C(C)(C)C)CC1. The quantitative estimate of drug-likeness (QED) is 0.810. The second-order valence-electron chi connectivity index (χ2n) is 7.25. The molecule has 1 aliphatic heterocycles. The maximum Gasteiger partial charge on any atom is 0.0602 e. The van der Waals surface area contributed by atoms with E-state index < -0.39 is 0 Å². The van der Waals surface area contributed by atoms with Gasteiger partial charge in [-0.25, -0.2) is 0 Å². The first kappa shape index (κ1) is 15.9. The average molecular weight is 256 g/mol. The molecule has 0 amide bonds. The monoisotopic (exact) mass is 256 g/mol. The molecule has 1 saturated heterocycles. The number of hydrogen-bond acceptors (Lipinski definition) is 3. The standard InChI is InChI=1S/C15H32N2O/c1-11(2)14(16)13(10-18)17-8-6-12(7-9-17)15(3,4)5/h11-14,18H,6-10,16H2,1-5H3. The third-order valence-electron chi connectivity index (χ3n) is 4.62. The van der Waals surface area contributed by atoms with Crippen LogP contribution in [0, 0.1) is 17.3 Å². The van der Waals surface area contributed by atoms with Gasteiger partial charge in [0.25, 0.3) is 0 Å². The zero-order chi connectivity index (χ0) is 13.9. The molecule has 1 heterocycles. The molecule has 1 aliphatic rings. The summed E-state index contributed by atoms with van der Waals surface area (Å²) >= 11 is 0. The van der Waals surface area contributed by atoms with Gasteiger partial charge in [-0.1, -0.05) is 34.6 Å². The van der Waals surface area contributed by atoms with Crippen LogP contribution in [0.25, 0.3) is 0 Å². The van der Waals surface area contributed by atoms with Crippen molar-refractivity contribution in [1.82, 2.24) is 4.90 Å². The molecule has 0 aromatic rings. The Morgan fingerprint density at radius 3 is 2.06 bits per heavy atom. The van der Waals surface area contributed by atoms with E-state index in [1.807, 2.05) is 0 Å². The van der Waals surface area contributed by atoms with E-state index in [0.717, 1.165) is 19.0 Å². The molecule has 0 aromatic heterocycles. The molecule has 1 fully saturated rings. The first-order valence-corrected chi connectivity index (χ1v) is 7.38. The van der Waals surface area contributed by atoms with Gasteiger partial charge in [0, 0.05) is 12.1 Å². The number of nitrogens with two attached hydrogens (primary N) is 1. The van der Waals surface area contributed by atoms with Crippen molar-refractivity contribution in [3.8, 4) is 0 Å². The van der Waals surface area contributed by atoms with Gasteiger partial charge in [0.2, 0.25) is 0 Å². The maximum absolute atomic E-state index is 9.60. The Balaban J connectivity index is 2.55. The largest absolute Gasteiger partial charge is 0.395 e. The highest BCUT2D eigenvalue weighted by molar-refractivity contribution is 4.88. The average Bonchev–Trinajstić information content (AvgIpc) is 2.29. The summed E-state index contributed by atoms with van der Waals surface area (Å²) in [5.74, 6) is 1.21. The summed E-state index contributed by atoms with van der Waals surface area (Å²) in [4.78, 5) is 2.40. The van der Waals surface area contributed by atoms with Crippen molar-refractivity contribution in [3.63, 3.8) is 0 Å². The summed E-state index contributed by atoms with van der Waals surface area (Å²) in [6.45, 7) is 13.6. The Kier molecular flexibility index (Phi) is 5.63. The molecule has 0 saturated carbocycles. The van der Waals surface area contributed by atoms with E-state index in [4.69, 9.17) is 5.73 Å². The molecule has 0 aliphatic carbocycles. The third-order valence-corrected chi connectivity index (χ3v) is 4.62. The smallest absolute Gasteiger partial charge is 0.0602 e. The van der Waals surface area contributed by atoms with E-state index in [1.54, 1.807) is 0 Å². The highest BCUT2D eigenvalue weighted by atomic mass is 16.3. The Bertz CT molecular complexity index is 239. The minimum atomic E-state index is 0.0705. The van der Waals surface area contributed by atoms with Crippen molar-refractivity contribution in [3.05, 3.63) is 0 Å². The number of aliphatic hydroxyl groups is 1. The number of nitrogens with zero attached hydrogens (tertiary/aromatic N) is 1. The van der Waals surface area contributed by atoms with E-state index in [-0.39, 0.29) is 18.7 Å². The third kappa shape index (κ3) is 3.94. The Morgan fingerprint density at radius 1 is 1.22 bits per heavy atom. The molecule has 18 heavy (non-hydrogen) atoms. The van der Waals surface area contributed by atoms with Crippen LogP contribution >= 0.6 is 0 Å². The van der Waals surface area contributed by atoms with Gasteiger partial charge in [-0.3, -0.25) is 4.90 Å². The predicted molar refractivity (Wildman–Crippen MR) is 77.4 cm³/mol. The van der Waals surface area contributed by atoms with Crippen molar-refractivity contribution in [1.29, 1.82) is 0 Å². The van der Waals surface area contributed by atoms with Crippen LogP contribution in [0.4, 0.5) is 0 Å². The summed E-state index contributed by atoms with van der Waals surface area (Å²) in [5, 5.41) is 9.60. The fraction of sp³-hybridized carbons (Fsp3) is 1.00. The zero-order valence-corrected chi connectivity index (χ0v) is 12.8. The van der Waals surface area contributed by atoms with Gasteiger partial charge in [-0.15, -0.1) is 0 Å². The van der Waals surface area contributed by atoms with Gasteiger partial charge in [-0.05, 0) is 43.2 Å². The summed E-state index contributed by atoms with van der Waals surface area (Å²) in [5.41, 5.74) is 6.62. The molecule has 2 atom stereocenters. The van der Waals surface area contributed by atoms with Crippen LogP contribution in [0.15, 0.2) is 0 Å². The summed E-state index contributed by atoms with van der Waals surface area (Å²) in [6, 6.07) is 0.201. The van der Waals surface area contributed by atoms with E-state index in [1.165, 1.54) is 12.8 Å². The molecule has 1 rings (SSSR count). The van der Waals surface area contributed by atoms with Crippen molar-refractivity contribution in [2.24, 2.45) is 23.0 Å². The van der Waals surface area contributed by atoms with Crippen molar-refractivity contribution in [2.75, 3.05) is 19.7 Å². The van der Waals surface area contributed by atoms with E-state index in [2.05, 4.69) is 39.5 Å². The molecular formula is C15H32N2O. The van der Waals surface area contributed by atoms with E-state index in [9.17, 15) is 5.11 Å². The van der Waals surface area contributed by atoms with E-state index >= 15 is 0 Å².